The van der Waals surface area contributed by atoms with Crippen LogP contribution >= 0.6 is 11.3 Å². The third-order valence-corrected chi connectivity index (χ3v) is 3.02. The molecule has 2 rings (SSSR count). The molecular weight excluding hydrogens is 180 g/mol. The second kappa shape index (κ2) is 3.38. The molecule has 1 aromatic carbocycles. The van der Waals surface area contributed by atoms with Crippen LogP contribution in [0.1, 0.15) is 11.8 Å². The molecule has 0 saturated carbocycles. The third-order valence-electron chi connectivity index (χ3n) is 2.08. The Morgan fingerprint density at radius 1 is 1.38 bits per heavy atom. The zero-order chi connectivity index (χ0) is 9.26. The average molecular weight is 192 g/mol. The minimum atomic E-state index is 0.731. The molecule has 68 valence electrons. The second-order valence-corrected chi connectivity index (χ2v) is 4.06. The van der Waals surface area contributed by atoms with E-state index in [1.54, 1.807) is 11.3 Å². The molecule has 0 N–H and O–H groups in total. The minimum Gasteiger partial charge on any atom is -0.494 e. The number of hydrogen-bond donors (Lipinski definition) is 0. The second-order valence-electron chi connectivity index (χ2n) is 2.97. The molecule has 0 saturated heterocycles. The van der Waals surface area contributed by atoms with E-state index in [-0.39, 0.29) is 0 Å². The maximum absolute atomic E-state index is 5.44. The molecule has 0 aliphatic carbocycles. The van der Waals surface area contributed by atoms with Crippen molar-refractivity contribution in [1.82, 2.24) is 0 Å². The Bertz CT molecular complexity index is 417. The summed E-state index contributed by atoms with van der Waals surface area (Å²) in [6.45, 7) is 4.88. The van der Waals surface area contributed by atoms with Gasteiger partial charge in [0, 0.05) is 4.88 Å². The van der Waals surface area contributed by atoms with E-state index in [0.717, 1.165) is 12.4 Å². The van der Waals surface area contributed by atoms with E-state index in [9.17, 15) is 0 Å². The van der Waals surface area contributed by atoms with Crippen LogP contribution in [0, 0.1) is 6.92 Å². The highest BCUT2D eigenvalue weighted by Crippen LogP contribution is 2.28. The number of benzene rings is 1. The number of rotatable bonds is 2. The van der Waals surface area contributed by atoms with Gasteiger partial charge in [-0.15, -0.1) is 11.3 Å². The van der Waals surface area contributed by atoms with Crippen molar-refractivity contribution in [3.63, 3.8) is 0 Å². The molecule has 0 amide bonds. The number of thiophene rings is 1. The largest absolute Gasteiger partial charge is 0.494 e. The van der Waals surface area contributed by atoms with E-state index in [2.05, 4.69) is 24.4 Å². The van der Waals surface area contributed by atoms with Crippen LogP contribution in [-0.2, 0) is 0 Å². The Morgan fingerprint density at radius 3 is 3.00 bits per heavy atom. The lowest BCUT2D eigenvalue weighted by atomic mass is 10.2. The van der Waals surface area contributed by atoms with Crippen LogP contribution in [-0.4, -0.2) is 6.61 Å². The van der Waals surface area contributed by atoms with E-state index in [4.69, 9.17) is 4.74 Å². The predicted molar refractivity (Wildman–Crippen MR) is 57.7 cm³/mol. The molecular formula is C11H12OS. The fourth-order valence-corrected chi connectivity index (χ4v) is 2.23. The summed E-state index contributed by atoms with van der Waals surface area (Å²) in [6, 6.07) is 6.26. The molecule has 0 radical (unpaired) electrons. The summed E-state index contributed by atoms with van der Waals surface area (Å²) in [7, 11) is 0. The van der Waals surface area contributed by atoms with Gasteiger partial charge < -0.3 is 4.74 Å². The van der Waals surface area contributed by atoms with Crippen molar-refractivity contribution < 1.29 is 4.74 Å². The molecule has 1 aromatic heterocycles. The highest BCUT2D eigenvalue weighted by Gasteiger charge is 2.00. The molecule has 1 heterocycles. The maximum atomic E-state index is 5.44. The predicted octanol–water partition coefficient (Wildman–Crippen LogP) is 3.61. The summed E-state index contributed by atoms with van der Waals surface area (Å²) in [6.07, 6.45) is 0. The van der Waals surface area contributed by atoms with Gasteiger partial charge in [-0.2, -0.15) is 0 Å². The first-order valence-electron chi connectivity index (χ1n) is 4.42. The van der Waals surface area contributed by atoms with Crippen LogP contribution in [0.25, 0.3) is 10.8 Å². The SMILES string of the molecule is CCOc1ccc2csc(C)c2c1. The Morgan fingerprint density at radius 2 is 2.23 bits per heavy atom. The smallest absolute Gasteiger partial charge is 0.119 e. The molecule has 0 fully saturated rings. The summed E-state index contributed by atoms with van der Waals surface area (Å²) in [5, 5.41) is 4.81. The van der Waals surface area contributed by atoms with Crippen molar-refractivity contribution >= 4 is 22.1 Å². The molecule has 0 unspecified atom stereocenters. The highest BCUT2D eigenvalue weighted by atomic mass is 32.1. The van der Waals surface area contributed by atoms with E-state index < -0.39 is 0 Å². The van der Waals surface area contributed by atoms with E-state index >= 15 is 0 Å². The Hall–Kier alpha value is -1.02. The first-order valence-corrected chi connectivity index (χ1v) is 5.30. The van der Waals surface area contributed by atoms with Gasteiger partial charge in [-0.25, -0.2) is 0 Å². The van der Waals surface area contributed by atoms with Gasteiger partial charge in [-0.1, -0.05) is 0 Å². The molecule has 2 aromatic rings. The fourth-order valence-electron chi connectivity index (χ4n) is 1.41. The summed E-state index contributed by atoms with van der Waals surface area (Å²) >= 11 is 1.79. The summed E-state index contributed by atoms with van der Waals surface area (Å²) < 4.78 is 5.44. The molecule has 0 aliphatic heterocycles. The van der Waals surface area contributed by atoms with Gasteiger partial charge in [0.25, 0.3) is 0 Å². The van der Waals surface area contributed by atoms with Crippen molar-refractivity contribution in [2.24, 2.45) is 0 Å². The van der Waals surface area contributed by atoms with Crippen LogP contribution in [0.5, 0.6) is 5.75 Å². The maximum Gasteiger partial charge on any atom is 0.119 e. The Balaban J connectivity index is 2.53. The molecule has 13 heavy (non-hydrogen) atoms. The fraction of sp³-hybridized carbons (Fsp3) is 0.273. The number of ether oxygens (including phenoxy) is 1. The lowest BCUT2D eigenvalue weighted by Crippen LogP contribution is -1.90. The molecule has 2 heteroatoms. The summed E-state index contributed by atoms with van der Waals surface area (Å²) in [5.74, 6) is 0.969. The topological polar surface area (TPSA) is 9.23 Å². The van der Waals surface area contributed by atoms with Crippen LogP contribution in [0.15, 0.2) is 23.6 Å². The van der Waals surface area contributed by atoms with E-state index in [0.29, 0.717) is 0 Å². The van der Waals surface area contributed by atoms with Crippen molar-refractivity contribution in [1.29, 1.82) is 0 Å². The molecule has 0 bridgehead atoms. The Kier molecular flexibility index (Phi) is 2.23. The van der Waals surface area contributed by atoms with Crippen molar-refractivity contribution in [3.05, 3.63) is 28.5 Å². The average Bonchev–Trinajstić information content (AvgIpc) is 2.49. The normalized spacial score (nSPS) is 10.6. The quantitative estimate of drug-likeness (QED) is 0.706. The highest BCUT2D eigenvalue weighted by molar-refractivity contribution is 7.11. The van der Waals surface area contributed by atoms with E-state index in [1.807, 2.05) is 13.0 Å². The zero-order valence-electron chi connectivity index (χ0n) is 7.83. The summed E-state index contributed by atoms with van der Waals surface area (Å²) in [4.78, 5) is 1.36. The van der Waals surface area contributed by atoms with E-state index in [1.165, 1.54) is 15.6 Å². The lowest BCUT2D eigenvalue weighted by Gasteiger charge is -2.02. The van der Waals surface area contributed by atoms with Crippen LogP contribution in [0.2, 0.25) is 0 Å². The van der Waals surface area contributed by atoms with Gasteiger partial charge in [0.05, 0.1) is 6.61 Å². The first kappa shape index (κ1) is 8.57. The molecule has 0 atom stereocenters. The van der Waals surface area contributed by atoms with Gasteiger partial charge in [-0.05, 0) is 48.2 Å². The number of hydrogen-bond acceptors (Lipinski definition) is 2. The Labute approximate surface area is 82.0 Å². The monoisotopic (exact) mass is 192 g/mol. The van der Waals surface area contributed by atoms with Crippen molar-refractivity contribution in [2.75, 3.05) is 6.61 Å². The van der Waals surface area contributed by atoms with Crippen molar-refractivity contribution in [2.45, 2.75) is 13.8 Å². The first-order chi connectivity index (χ1) is 6.31. The number of fused-ring (bicyclic) bond motifs is 1. The lowest BCUT2D eigenvalue weighted by molar-refractivity contribution is 0.341. The minimum absolute atomic E-state index is 0.731. The van der Waals surface area contributed by atoms with Crippen LogP contribution < -0.4 is 4.74 Å². The molecule has 0 aliphatic rings. The number of aryl methyl sites for hydroxylation is 1. The zero-order valence-corrected chi connectivity index (χ0v) is 8.65. The van der Waals surface area contributed by atoms with Gasteiger partial charge >= 0.3 is 0 Å². The standard InChI is InChI=1S/C11H12OS/c1-3-12-10-5-4-9-7-13-8(2)11(9)6-10/h4-7H,3H2,1-2H3. The van der Waals surface area contributed by atoms with Crippen molar-refractivity contribution in [3.8, 4) is 5.75 Å². The van der Waals surface area contributed by atoms with Crippen LogP contribution in [0.4, 0.5) is 0 Å². The molecule has 1 nitrogen and oxygen atoms in total. The van der Waals surface area contributed by atoms with Gasteiger partial charge in [0.15, 0.2) is 0 Å². The van der Waals surface area contributed by atoms with Gasteiger partial charge in [-0.3, -0.25) is 0 Å². The molecule has 0 spiro atoms. The summed E-state index contributed by atoms with van der Waals surface area (Å²) in [5.41, 5.74) is 0. The van der Waals surface area contributed by atoms with Crippen LogP contribution in [0.3, 0.4) is 0 Å². The van der Waals surface area contributed by atoms with Gasteiger partial charge in [0.1, 0.15) is 5.75 Å². The third kappa shape index (κ3) is 1.54. The van der Waals surface area contributed by atoms with Gasteiger partial charge in [0.2, 0.25) is 0 Å².